The van der Waals surface area contributed by atoms with Gasteiger partial charge in [0.1, 0.15) is 6.20 Å². The number of hydrogen-bond donors (Lipinski definition) is 1. The first kappa shape index (κ1) is 15.3. The van der Waals surface area contributed by atoms with Gasteiger partial charge in [0.05, 0.1) is 5.60 Å². The highest BCUT2D eigenvalue weighted by Gasteiger charge is 2.38. The van der Waals surface area contributed by atoms with Gasteiger partial charge in [-0.05, 0) is 36.7 Å². The van der Waals surface area contributed by atoms with Crippen molar-refractivity contribution in [2.75, 3.05) is 11.9 Å². The predicted molar refractivity (Wildman–Crippen MR) is 88.1 cm³/mol. The fourth-order valence-electron chi connectivity index (χ4n) is 3.97. The summed E-state index contributed by atoms with van der Waals surface area (Å²) < 4.78 is 7.39. The summed E-state index contributed by atoms with van der Waals surface area (Å²) >= 11 is 0. The van der Waals surface area contributed by atoms with Crippen molar-refractivity contribution in [1.29, 1.82) is 0 Å². The van der Waals surface area contributed by atoms with Crippen molar-refractivity contribution in [1.82, 2.24) is 14.6 Å². The minimum absolute atomic E-state index is 0.0132. The van der Waals surface area contributed by atoms with Crippen LogP contribution in [0.1, 0.15) is 44.9 Å². The van der Waals surface area contributed by atoms with Gasteiger partial charge >= 0.3 is 5.82 Å². The normalized spacial score (nSPS) is 23.4. The van der Waals surface area contributed by atoms with Gasteiger partial charge in [-0.3, -0.25) is 0 Å². The van der Waals surface area contributed by atoms with E-state index >= 15 is 0 Å². The lowest BCUT2D eigenvalue weighted by atomic mass is 9.78. The first-order valence-electron chi connectivity index (χ1n) is 8.55. The Balaban J connectivity index is 1.53. The molecule has 8 heteroatoms. The standard InChI is InChI=1S/C16H21N5O3/c22-21(23)15-11-17-14-5-4-13(19-20(14)15)18-12-6-9-24-16(10-12)7-2-1-3-8-16/h4-5,11-12H,1-3,6-10H2,(H,18,19). The van der Waals surface area contributed by atoms with Gasteiger partial charge in [0.25, 0.3) is 0 Å². The second kappa shape index (κ2) is 6.01. The Morgan fingerprint density at radius 2 is 2.17 bits per heavy atom. The van der Waals surface area contributed by atoms with E-state index in [9.17, 15) is 10.1 Å². The SMILES string of the molecule is O=[N+]([O-])c1cnc2ccc(NC3CCOC4(CCCCC4)C3)nn12. The third kappa shape index (κ3) is 2.82. The van der Waals surface area contributed by atoms with Crippen LogP contribution in [0.15, 0.2) is 18.3 Å². The highest BCUT2D eigenvalue weighted by Crippen LogP contribution is 2.39. The first-order chi connectivity index (χ1) is 11.7. The summed E-state index contributed by atoms with van der Waals surface area (Å²) in [6.45, 7) is 0.755. The molecular formula is C16H21N5O3. The zero-order chi connectivity index (χ0) is 16.6. The van der Waals surface area contributed by atoms with E-state index in [1.807, 2.05) is 6.07 Å². The van der Waals surface area contributed by atoms with Crippen LogP contribution in [-0.2, 0) is 4.74 Å². The molecule has 0 bridgehead atoms. The monoisotopic (exact) mass is 331 g/mol. The topological polar surface area (TPSA) is 94.6 Å². The van der Waals surface area contributed by atoms with Gasteiger partial charge in [-0.25, -0.2) is 4.98 Å². The van der Waals surface area contributed by atoms with Crippen LogP contribution in [0.25, 0.3) is 5.65 Å². The summed E-state index contributed by atoms with van der Waals surface area (Å²) in [4.78, 5) is 14.6. The van der Waals surface area contributed by atoms with Gasteiger partial charge in [0, 0.05) is 18.7 Å². The zero-order valence-electron chi connectivity index (χ0n) is 13.5. The van der Waals surface area contributed by atoms with Crippen molar-refractivity contribution < 1.29 is 9.66 Å². The molecule has 128 valence electrons. The molecule has 2 aromatic rings. The van der Waals surface area contributed by atoms with E-state index in [4.69, 9.17) is 4.74 Å². The molecule has 0 radical (unpaired) electrons. The highest BCUT2D eigenvalue weighted by molar-refractivity contribution is 5.48. The average Bonchev–Trinajstić information content (AvgIpc) is 2.99. The molecule has 1 N–H and O–H groups in total. The Morgan fingerprint density at radius 3 is 2.96 bits per heavy atom. The largest absolute Gasteiger partial charge is 0.375 e. The van der Waals surface area contributed by atoms with E-state index in [1.165, 1.54) is 30.0 Å². The maximum absolute atomic E-state index is 11.0. The molecule has 1 spiro atoms. The number of ether oxygens (including phenoxy) is 1. The summed E-state index contributed by atoms with van der Waals surface area (Å²) in [5, 5.41) is 18.8. The molecule has 4 rings (SSSR count). The van der Waals surface area contributed by atoms with E-state index in [1.54, 1.807) is 6.07 Å². The van der Waals surface area contributed by atoms with Crippen molar-refractivity contribution in [2.45, 2.75) is 56.6 Å². The van der Waals surface area contributed by atoms with Gasteiger partial charge < -0.3 is 20.2 Å². The lowest BCUT2D eigenvalue weighted by molar-refractivity contribution is -0.391. The molecule has 3 heterocycles. The van der Waals surface area contributed by atoms with Gasteiger partial charge in [-0.2, -0.15) is 0 Å². The Labute approximate surface area is 139 Å². The molecule has 1 saturated carbocycles. The summed E-state index contributed by atoms with van der Waals surface area (Å²) in [7, 11) is 0. The summed E-state index contributed by atoms with van der Waals surface area (Å²) in [6, 6.07) is 3.86. The molecule has 1 aliphatic carbocycles. The fraction of sp³-hybridized carbons (Fsp3) is 0.625. The van der Waals surface area contributed by atoms with Crippen LogP contribution in [0.4, 0.5) is 11.6 Å². The van der Waals surface area contributed by atoms with Crippen LogP contribution >= 0.6 is 0 Å². The maximum atomic E-state index is 11.0. The third-order valence-corrected chi connectivity index (χ3v) is 5.14. The molecule has 1 atom stereocenters. The number of imidazole rings is 1. The van der Waals surface area contributed by atoms with E-state index < -0.39 is 4.92 Å². The minimum Gasteiger partial charge on any atom is -0.375 e. The number of anilines is 1. The summed E-state index contributed by atoms with van der Waals surface area (Å²) in [5.74, 6) is 0.519. The molecule has 1 saturated heterocycles. The number of nitro groups is 1. The Bertz CT molecular complexity index is 748. The maximum Gasteiger partial charge on any atom is 0.368 e. The Kier molecular flexibility index (Phi) is 3.84. The van der Waals surface area contributed by atoms with Crippen LogP contribution in [0.5, 0.6) is 0 Å². The number of nitrogens with zero attached hydrogens (tertiary/aromatic N) is 4. The molecule has 2 fully saturated rings. The minimum atomic E-state index is -0.470. The Morgan fingerprint density at radius 1 is 1.33 bits per heavy atom. The van der Waals surface area contributed by atoms with Crippen molar-refractivity contribution in [3.05, 3.63) is 28.4 Å². The second-order valence-electron chi connectivity index (χ2n) is 6.79. The number of fused-ring (bicyclic) bond motifs is 1. The van der Waals surface area contributed by atoms with E-state index in [2.05, 4.69) is 15.4 Å². The molecular weight excluding hydrogens is 310 g/mol. The van der Waals surface area contributed by atoms with Crippen molar-refractivity contribution >= 4 is 17.3 Å². The molecule has 1 unspecified atom stereocenters. The molecule has 2 aromatic heterocycles. The number of nitrogens with one attached hydrogen (secondary N) is 1. The number of rotatable bonds is 3. The van der Waals surface area contributed by atoms with E-state index in [0.29, 0.717) is 11.5 Å². The molecule has 0 aromatic carbocycles. The number of hydrogen-bond acceptors (Lipinski definition) is 6. The molecule has 24 heavy (non-hydrogen) atoms. The van der Waals surface area contributed by atoms with Crippen LogP contribution in [-0.4, -0.2) is 37.8 Å². The average molecular weight is 331 g/mol. The smallest absolute Gasteiger partial charge is 0.368 e. The lowest BCUT2D eigenvalue weighted by Gasteiger charge is -2.43. The van der Waals surface area contributed by atoms with Crippen molar-refractivity contribution in [3.8, 4) is 0 Å². The first-order valence-corrected chi connectivity index (χ1v) is 8.55. The van der Waals surface area contributed by atoms with Gasteiger partial charge in [0.2, 0.25) is 5.65 Å². The highest BCUT2D eigenvalue weighted by atomic mass is 16.6. The second-order valence-corrected chi connectivity index (χ2v) is 6.79. The van der Waals surface area contributed by atoms with Gasteiger partial charge in [-0.15, -0.1) is 0 Å². The van der Waals surface area contributed by atoms with Crippen LogP contribution in [0.2, 0.25) is 0 Å². The van der Waals surface area contributed by atoms with E-state index in [0.717, 1.165) is 32.3 Å². The lowest BCUT2D eigenvalue weighted by Crippen LogP contribution is -2.45. The van der Waals surface area contributed by atoms with Crippen LogP contribution in [0, 0.1) is 10.1 Å². The van der Waals surface area contributed by atoms with Crippen molar-refractivity contribution in [2.24, 2.45) is 0 Å². The fourth-order valence-corrected chi connectivity index (χ4v) is 3.97. The van der Waals surface area contributed by atoms with Gasteiger partial charge in [-0.1, -0.05) is 28.9 Å². The molecule has 8 nitrogen and oxygen atoms in total. The third-order valence-electron chi connectivity index (χ3n) is 5.14. The molecule has 1 aliphatic heterocycles. The van der Waals surface area contributed by atoms with Crippen LogP contribution < -0.4 is 5.32 Å². The summed E-state index contributed by atoms with van der Waals surface area (Å²) in [5.41, 5.74) is 0.488. The molecule has 2 aliphatic rings. The predicted octanol–water partition coefficient (Wildman–Crippen LogP) is 2.93. The Hall–Kier alpha value is -2.22. The quantitative estimate of drug-likeness (QED) is 0.686. The number of aromatic nitrogens is 3. The molecule has 0 amide bonds. The van der Waals surface area contributed by atoms with Crippen LogP contribution in [0.3, 0.4) is 0 Å². The van der Waals surface area contributed by atoms with E-state index in [-0.39, 0.29) is 17.5 Å². The summed E-state index contributed by atoms with van der Waals surface area (Å²) in [6.07, 6.45) is 9.15. The van der Waals surface area contributed by atoms with Crippen molar-refractivity contribution in [3.63, 3.8) is 0 Å². The van der Waals surface area contributed by atoms with Gasteiger partial charge in [0.15, 0.2) is 5.82 Å². The zero-order valence-corrected chi connectivity index (χ0v) is 13.5.